The monoisotopic (exact) mass is 766 g/mol. The molecule has 0 bridgehead atoms. The van der Waals surface area contributed by atoms with Crippen LogP contribution in [0.2, 0.25) is 0 Å². The Morgan fingerprint density at radius 2 is 1.03 bits per heavy atom. The Bertz CT molecular complexity index is 3500. The van der Waals surface area contributed by atoms with E-state index in [-0.39, 0.29) is 5.41 Å². The van der Waals surface area contributed by atoms with Crippen LogP contribution >= 0.6 is 0 Å². The van der Waals surface area contributed by atoms with Crippen molar-refractivity contribution in [3.8, 4) is 67.3 Å². The van der Waals surface area contributed by atoms with Crippen LogP contribution in [0.5, 0.6) is 0 Å². The first-order valence-electron chi connectivity index (χ1n) is 20.6. The molecule has 3 heteroatoms. The van der Waals surface area contributed by atoms with E-state index in [9.17, 15) is 0 Å². The molecule has 0 amide bonds. The van der Waals surface area contributed by atoms with Gasteiger partial charge >= 0.3 is 0 Å². The summed E-state index contributed by atoms with van der Waals surface area (Å²) in [6.07, 6.45) is 0. The van der Waals surface area contributed by atoms with Crippen LogP contribution in [-0.2, 0) is 5.41 Å². The van der Waals surface area contributed by atoms with Gasteiger partial charge in [0.05, 0.1) is 11.4 Å². The number of hydrogen-bond donors (Lipinski definition) is 0. The number of benzene rings is 9. The Hall–Kier alpha value is -7.62. The molecule has 0 aliphatic heterocycles. The van der Waals surface area contributed by atoms with E-state index in [1.165, 1.54) is 54.9 Å². The molecule has 282 valence electrons. The van der Waals surface area contributed by atoms with E-state index in [0.29, 0.717) is 5.82 Å². The third kappa shape index (κ3) is 5.43. The van der Waals surface area contributed by atoms with Crippen molar-refractivity contribution in [3.63, 3.8) is 0 Å². The first kappa shape index (κ1) is 34.4. The van der Waals surface area contributed by atoms with Gasteiger partial charge in [0, 0.05) is 32.9 Å². The SMILES string of the molecule is CC1(C)c2cc3ccccc3cc2-c2c(-c3cccc(-c4cc(-c5ccc(-c6ccc7oc8ccc9ccccc9c8c7c6)cc5)nc(-c5ccccc5)n4)c3)cccc21. The Morgan fingerprint density at radius 1 is 0.383 bits per heavy atom. The number of furan rings is 1. The van der Waals surface area contributed by atoms with Gasteiger partial charge in [-0.05, 0) is 109 Å². The van der Waals surface area contributed by atoms with Crippen LogP contribution in [-0.4, -0.2) is 9.97 Å². The molecule has 60 heavy (non-hydrogen) atoms. The van der Waals surface area contributed by atoms with Crippen molar-refractivity contribution in [3.05, 3.63) is 205 Å². The van der Waals surface area contributed by atoms with E-state index in [4.69, 9.17) is 14.4 Å². The predicted molar refractivity (Wildman–Crippen MR) is 249 cm³/mol. The van der Waals surface area contributed by atoms with Gasteiger partial charge in [-0.2, -0.15) is 0 Å². The van der Waals surface area contributed by atoms with Crippen LogP contribution in [0, 0.1) is 0 Å². The van der Waals surface area contributed by atoms with E-state index < -0.39 is 0 Å². The summed E-state index contributed by atoms with van der Waals surface area (Å²) < 4.78 is 6.30. The Morgan fingerprint density at radius 3 is 1.87 bits per heavy atom. The molecular weight excluding hydrogens is 729 g/mol. The number of rotatable bonds is 5. The fourth-order valence-electron chi connectivity index (χ4n) is 9.58. The fourth-order valence-corrected chi connectivity index (χ4v) is 9.58. The number of fused-ring (bicyclic) bond motifs is 9. The number of hydrogen-bond acceptors (Lipinski definition) is 3. The molecule has 12 rings (SSSR count). The highest BCUT2D eigenvalue weighted by atomic mass is 16.3. The lowest BCUT2D eigenvalue weighted by Crippen LogP contribution is -2.14. The molecule has 0 N–H and O–H groups in total. The molecule has 1 aliphatic rings. The molecule has 11 aromatic rings. The summed E-state index contributed by atoms with van der Waals surface area (Å²) in [5.41, 5.74) is 16.6. The van der Waals surface area contributed by atoms with Gasteiger partial charge in [-0.25, -0.2) is 9.97 Å². The Kier molecular flexibility index (Phi) is 7.58. The van der Waals surface area contributed by atoms with Gasteiger partial charge in [0.25, 0.3) is 0 Å². The molecule has 0 atom stereocenters. The maximum atomic E-state index is 6.30. The van der Waals surface area contributed by atoms with E-state index in [1.807, 2.05) is 18.2 Å². The Labute approximate surface area is 348 Å². The lowest BCUT2D eigenvalue weighted by molar-refractivity contribution is 0.661. The average Bonchev–Trinajstić information content (AvgIpc) is 3.80. The highest BCUT2D eigenvalue weighted by molar-refractivity contribution is 6.19. The van der Waals surface area contributed by atoms with Gasteiger partial charge in [-0.3, -0.25) is 0 Å². The van der Waals surface area contributed by atoms with Crippen LogP contribution in [0.25, 0.3) is 111 Å². The zero-order valence-corrected chi connectivity index (χ0v) is 33.3. The summed E-state index contributed by atoms with van der Waals surface area (Å²) in [6, 6.07) is 69.5. The van der Waals surface area contributed by atoms with E-state index in [0.717, 1.165) is 61.1 Å². The Balaban J connectivity index is 0.950. The van der Waals surface area contributed by atoms with Crippen molar-refractivity contribution in [2.75, 3.05) is 0 Å². The van der Waals surface area contributed by atoms with E-state index >= 15 is 0 Å². The summed E-state index contributed by atoms with van der Waals surface area (Å²) in [5, 5.41) is 7.24. The third-order valence-corrected chi connectivity index (χ3v) is 12.7. The molecule has 1 aliphatic carbocycles. The van der Waals surface area contributed by atoms with Crippen molar-refractivity contribution in [1.29, 1.82) is 0 Å². The molecular formula is C57H38N2O. The first-order valence-corrected chi connectivity index (χ1v) is 20.6. The standard InChI is InChI=1S/C57H38N2O/c1-57(2)48-21-11-20-45(54(48)46-31-39-15-6-7-16-40(39)33-49(46)57)42-17-10-18-43(30-42)51-34-50(58-56(59-51)38-13-4-3-5-14-38)37-24-22-35(23-25-37)41-27-28-52-47(32-41)55-44-19-9-8-12-36(44)26-29-53(55)60-52/h3-34H,1-2H3. The molecule has 9 aromatic carbocycles. The quantitative estimate of drug-likeness (QED) is 0.175. The largest absolute Gasteiger partial charge is 0.456 e. The highest BCUT2D eigenvalue weighted by Crippen LogP contribution is 2.53. The molecule has 2 heterocycles. The third-order valence-electron chi connectivity index (χ3n) is 12.7. The van der Waals surface area contributed by atoms with Crippen molar-refractivity contribution in [2.24, 2.45) is 0 Å². The summed E-state index contributed by atoms with van der Waals surface area (Å²) in [7, 11) is 0. The molecule has 0 radical (unpaired) electrons. The highest BCUT2D eigenvalue weighted by Gasteiger charge is 2.37. The van der Waals surface area contributed by atoms with Crippen LogP contribution < -0.4 is 0 Å². The second-order valence-corrected chi connectivity index (χ2v) is 16.6. The second-order valence-electron chi connectivity index (χ2n) is 16.6. The van der Waals surface area contributed by atoms with Crippen molar-refractivity contribution >= 4 is 43.5 Å². The van der Waals surface area contributed by atoms with Crippen molar-refractivity contribution in [1.82, 2.24) is 9.97 Å². The van der Waals surface area contributed by atoms with E-state index in [1.54, 1.807) is 0 Å². The molecule has 3 nitrogen and oxygen atoms in total. The minimum atomic E-state index is -0.112. The maximum Gasteiger partial charge on any atom is 0.160 e. The van der Waals surface area contributed by atoms with Gasteiger partial charge in [-0.1, -0.05) is 166 Å². The van der Waals surface area contributed by atoms with Gasteiger partial charge in [0.15, 0.2) is 5.82 Å². The summed E-state index contributed by atoms with van der Waals surface area (Å²) in [5.74, 6) is 0.699. The van der Waals surface area contributed by atoms with Crippen molar-refractivity contribution in [2.45, 2.75) is 19.3 Å². The van der Waals surface area contributed by atoms with Crippen molar-refractivity contribution < 1.29 is 4.42 Å². The topological polar surface area (TPSA) is 38.9 Å². The lowest BCUT2D eigenvalue weighted by atomic mass is 9.81. The molecule has 2 aromatic heterocycles. The maximum absolute atomic E-state index is 6.30. The summed E-state index contributed by atoms with van der Waals surface area (Å²) in [4.78, 5) is 10.4. The van der Waals surface area contributed by atoms with Crippen LogP contribution in [0.4, 0.5) is 0 Å². The minimum Gasteiger partial charge on any atom is -0.456 e. The van der Waals surface area contributed by atoms with Gasteiger partial charge < -0.3 is 4.42 Å². The van der Waals surface area contributed by atoms with Gasteiger partial charge in [0.2, 0.25) is 0 Å². The van der Waals surface area contributed by atoms with E-state index in [2.05, 4.69) is 190 Å². The zero-order valence-electron chi connectivity index (χ0n) is 33.3. The lowest BCUT2D eigenvalue weighted by Gasteiger charge is -2.22. The fraction of sp³-hybridized carbons (Fsp3) is 0.0526. The molecule has 0 fully saturated rings. The predicted octanol–water partition coefficient (Wildman–Crippen LogP) is 15.3. The van der Waals surface area contributed by atoms with Gasteiger partial charge in [-0.15, -0.1) is 0 Å². The molecule has 0 saturated carbocycles. The zero-order chi connectivity index (χ0) is 40.0. The normalized spacial score (nSPS) is 13.0. The minimum absolute atomic E-state index is 0.112. The molecule has 0 saturated heterocycles. The average molecular weight is 767 g/mol. The summed E-state index contributed by atoms with van der Waals surface area (Å²) in [6.45, 7) is 4.71. The van der Waals surface area contributed by atoms with Crippen LogP contribution in [0.3, 0.4) is 0 Å². The second kappa shape index (κ2) is 13.2. The molecule has 0 spiro atoms. The summed E-state index contributed by atoms with van der Waals surface area (Å²) >= 11 is 0. The number of nitrogens with zero attached hydrogens (tertiary/aromatic N) is 2. The van der Waals surface area contributed by atoms with Crippen LogP contribution in [0.15, 0.2) is 199 Å². The van der Waals surface area contributed by atoms with Gasteiger partial charge in [0.1, 0.15) is 11.2 Å². The smallest absolute Gasteiger partial charge is 0.160 e. The number of aromatic nitrogens is 2. The van der Waals surface area contributed by atoms with Crippen LogP contribution in [0.1, 0.15) is 25.0 Å². The first-order chi connectivity index (χ1) is 29.5. The molecule has 0 unspecified atom stereocenters.